The Morgan fingerprint density at radius 1 is 0.889 bits per heavy atom. The molecule has 0 unspecified atom stereocenters. The van der Waals surface area contributed by atoms with Gasteiger partial charge < -0.3 is 11.1 Å². The second-order valence-corrected chi connectivity index (χ2v) is 6.64. The summed E-state index contributed by atoms with van der Waals surface area (Å²) in [5, 5.41) is 3.27. The molecule has 0 spiro atoms. The average molecular weight is 379 g/mol. The summed E-state index contributed by atoms with van der Waals surface area (Å²) in [6.07, 6.45) is 0.281. The number of primary amides is 1. The van der Waals surface area contributed by atoms with Crippen LogP contribution in [0.4, 0.5) is 0 Å². The van der Waals surface area contributed by atoms with Gasteiger partial charge in [-0.3, -0.25) is 9.59 Å². The number of amides is 2. The first-order valence-electron chi connectivity index (χ1n) is 8.53. The molecule has 0 heterocycles. The van der Waals surface area contributed by atoms with Gasteiger partial charge in [0.25, 0.3) is 5.91 Å². The molecule has 0 radical (unpaired) electrons. The molecule has 3 aromatic carbocycles. The van der Waals surface area contributed by atoms with Gasteiger partial charge in [0.15, 0.2) is 0 Å². The van der Waals surface area contributed by atoms with Crippen LogP contribution in [0.5, 0.6) is 0 Å². The second-order valence-electron chi connectivity index (χ2n) is 6.21. The van der Waals surface area contributed by atoms with Crippen LogP contribution in [-0.4, -0.2) is 17.9 Å². The van der Waals surface area contributed by atoms with E-state index in [9.17, 15) is 9.59 Å². The fourth-order valence-corrected chi connectivity index (χ4v) is 3.02. The van der Waals surface area contributed by atoms with E-state index in [-0.39, 0.29) is 12.3 Å². The molecule has 0 saturated heterocycles. The molecule has 0 aromatic heterocycles. The number of hydrogen-bond acceptors (Lipinski definition) is 2. The Labute approximate surface area is 163 Å². The molecule has 3 aromatic rings. The summed E-state index contributed by atoms with van der Waals surface area (Å²) < 4.78 is 0. The Morgan fingerprint density at radius 3 is 2.19 bits per heavy atom. The van der Waals surface area contributed by atoms with Crippen molar-refractivity contribution in [3.05, 3.63) is 95.0 Å². The molecular weight excluding hydrogens is 360 g/mol. The Balaban J connectivity index is 1.71. The SMILES string of the molecule is NC(=O)[C@@H](Cc1cccc(Cl)c1)NC(=O)c1ccc(-c2ccccc2)cc1. The normalized spacial score (nSPS) is 11.6. The van der Waals surface area contributed by atoms with E-state index in [1.807, 2.05) is 48.5 Å². The maximum absolute atomic E-state index is 12.5. The van der Waals surface area contributed by atoms with Crippen LogP contribution in [0.25, 0.3) is 11.1 Å². The minimum atomic E-state index is -0.815. The van der Waals surface area contributed by atoms with Gasteiger partial charge in [-0.15, -0.1) is 0 Å². The van der Waals surface area contributed by atoms with E-state index in [1.165, 1.54) is 0 Å². The zero-order valence-electron chi connectivity index (χ0n) is 14.6. The van der Waals surface area contributed by atoms with E-state index in [1.54, 1.807) is 30.3 Å². The molecule has 1 atom stereocenters. The van der Waals surface area contributed by atoms with Crippen molar-refractivity contribution in [1.82, 2.24) is 5.32 Å². The zero-order valence-corrected chi connectivity index (χ0v) is 15.3. The summed E-state index contributed by atoms with van der Waals surface area (Å²) in [6.45, 7) is 0. The van der Waals surface area contributed by atoms with Crippen LogP contribution in [0.15, 0.2) is 78.9 Å². The zero-order chi connectivity index (χ0) is 19.2. The van der Waals surface area contributed by atoms with Gasteiger partial charge in [0.2, 0.25) is 5.91 Å². The van der Waals surface area contributed by atoms with Crippen LogP contribution in [-0.2, 0) is 11.2 Å². The van der Waals surface area contributed by atoms with Gasteiger partial charge in [0.1, 0.15) is 6.04 Å². The Bertz CT molecular complexity index is 940. The minimum absolute atomic E-state index is 0.281. The third kappa shape index (κ3) is 4.96. The highest BCUT2D eigenvalue weighted by atomic mass is 35.5. The lowest BCUT2D eigenvalue weighted by molar-refractivity contribution is -0.119. The lowest BCUT2D eigenvalue weighted by Gasteiger charge is -2.16. The fourth-order valence-electron chi connectivity index (χ4n) is 2.81. The van der Waals surface area contributed by atoms with Crippen LogP contribution in [0.3, 0.4) is 0 Å². The summed E-state index contributed by atoms with van der Waals surface area (Å²) in [5.41, 5.74) is 8.83. The van der Waals surface area contributed by atoms with Gasteiger partial charge in [-0.25, -0.2) is 0 Å². The maximum Gasteiger partial charge on any atom is 0.251 e. The second kappa shape index (κ2) is 8.52. The molecule has 0 aliphatic carbocycles. The molecule has 2 amide bonds. The monoisotopic (exact) mass is 378 g/mol. The predicted molar refractivity (Wildman–Crippen MR) is 107 cm³/mol. The van der Waals surface area contributed by atoms with Crippen LogP contribution in [0.2, 0.25) is 5.02 Å². The van der Waals surface area contributed by atoms with E-state index in [0.717, 1.165) is 16.7 Å². The number of nitrogens with one attached hydrogen (secondary N) is 1. The van der Waals surface area contributed by atoms with Crippen molar-refractivity contribution in [3.63, 3.8) is 0 Å². The smallest absolute Gasteiger partial charge is 0.251 e. The average Bonchev–Trinajstić information content (AvgIpc) is 2.68. The topological polar surface area (TPSA) is 72.2 Å². The van der Waals surface area contributed by atoms with E-state index >= 15 is 0 Å². The van der Waals surface area contributed by atoms with E-state index in [0.29, 0.717) is 10.6 Å². The van der Waals surface area contributed by atoms with Gasteiger partial charge >= 0.3 is 0 Å². The third-order valence-electron chi connectivity index (χ3n) is 4.23. The first-order chi connectivity index (χ1) is 13.0. The highest BCUT2D eigenvalue weighted by molar-refractivity contribution is 6.30. The molecule has 27 heavy (non-hydrogen) atoms. The summed E-state index contributed by atoms with van der Waals surface area (Å²) in [7, 11) is 0. The number of rotatable bonds is 6. The van der Waals surface area contributed by atoms with Crippen molar-refractivity contribution in [2.24, 2.45) is 5.73 Å². The first kappa shape index (κ1) is 18.7. The Kier molecular flexibility index (Phi) is 5.89. The van der Waals surface area contributed by atoms with Crippen LogP contribution >= 0.6 is 11.6 Å². The molecule has 0 fully saturated rings. The van der Waals surface area contributed by atoms with Crippen molar-refractivity contribution >= 4 is 23.4 Å². The van der Waals surface area contributed by atoms with Gasteiger partial charge in [-0.1, -0.05) is 66.2 Å². The number of carbonyl (C=O) groups is 2. The van der Waals surface area contributed by atoms with Gasteiger partial charge in [0.05, 0.1) is 0 Å². The van der Waals surface area contributed by atoms with Crippen LogP contribution in [0, 0.1) is 0 Å². The highest BCUT2D eigenvalue weighted by Gasteiger charge is 2.19. The Morgan fingerprint density at radius 2 is 1.56 bits per heavy atom. The molecule has 0 bridgehead atoms. The van der Waals surface area contributed by atoms with Crippen molar-refractivity contribution in [3.8, 4) is 11.1 Å². The largest absolute Gasteiger partial charge is 0.368 e. The summed E-state index contributed by atoms with van der Waals surface area (Å²) in [4.78, 5) is 24.3. The quantitative estimate of drug-likeness (QED) is 0.684. The summed E-state index contributed by atoms with van der Waals surface area (Å²) >= 11 is 5.97. The van der Waals surface area contributed by atoms with E-state index < -0.39 is 11.9 Å². The minimum Gasteiger partial charge on any atom is -0.368 e. The molecule has 3 rings (SSSR count). The third-order valence-corrected chi connectivity index (χ3v) is 4.47. The number of benzene rings is 3. The summed E-state index contributed by atoms with van der Waals surface area (Å²) in [5.74, 6) is -0.940. The molecule has 4 nitrogen and oxygen atoms in total. The summed E-state index contributed by atoms with van der Waals surface area (Å²) in [6, 6.07) is 23.4. The lowest BCUT2D eigenvalue weighted by Crippen LogP contribution is -2.45. The number of halogens is 1. The molecule has 136 valence electrons. The predicted octanol–water partition coefficient (Wildman–Crippen LogP) is 3.83. The first-order valence-corrected chi connectivity index (χ1v) is 8.91. The number of carbonyl (C=O) groups excluding carboxylic acids is 2. The molecule has 0 aliphatic heterocycles. The van der Waals surface area contributed by atoms with Crippen LogP contribution in [0.1, 0.15) is 15.9 Å². The lowest BCUT2D eigenvalue weighted by atomic mass is 10.0. The van der Waals surface area contributed by atoms with Gasteiger partial charge in [-0.05, 0) is 41.0 Å². The molecule has 0 aliphatic rings. The molecule has 3 N–H and O–H groups in total. The maximum atomic E-state index is 12.5. The number of nitrogens with two attached hydrogens (primary N) is 1. The Hall–Kier alpha value is -3.11. The van der Waals surface area contributed by atoms with E-state index in [2.05, 4.69) is 5.32 Å². The van der Waals surface area contributed by atoms with Gasteiger partial charge in [-0.2, -0.15) is 0 Å². The highest BCUT2D eigenvalue weighted by Crippen LogP contribution is 2.19. The van der Waals surface area contributed by atoms with Gasteiger partial charge in [0, 0.05) is 17.0 Å². The van der Waals surface area contributed by atoms with Crippen molar-refractivity contribution in [1.29, 1.82) is 0 Å². The van der Waals surface area contributed by atoms with Crippen molar-refractivity contribution in [2.45, 2.75) is 12.5 Å². The molecule has 5 heteroatoms. The fraction of sp³-hybridized carbons (Fsp3) is 0.0909. The van der Waals surface area contributed by atoms with Crippen molar-refractivity contribution in [2.75, 3.05) is 0 Å². The van der Waals surface area contributed by atoms with E-state index in [4.69, 9.17) is 17.3 Å². The standard InChI is InChI=1S/C22H19ClN2O2/c23-19-8-4-5-15(13-19)14-20(21(24)26)25-22(27)18-11-9-17(10-12-18)16-6-2-1-3-7-16/h1-13,20H,14H2,(H2,24,26)(H,25,27)/t20-/m1/s1. The van der Waals surface area contributed by atoms with Crippen molar-refractivity contribution < 1.29 is 9.59 Å². The molecule has 0 saturated carbocycles. The number of hydrogen-bond donors (Lipinski definition) is 2. The molecular formula is C22H19ClN2O2. The van der Waals surface area contributed by atoms with Crippen LogP contribution < -0.4 is 11.1 Å².